The predicted octanol–water partition coefficient (Wildman–Crippen LogP) is 4.87. The van der Waals surface area contributed by atoms with E-state index in [2.05, 4.69) is 11.1 Å². The Morgan fingerprint density at radius 3 is 2.78 bits per heavy atom. The Bertz CT molecular complexity index is 1380. The lowest BCUT2D eigenvalue weighted by atomic mass is 9.97. The molecule has 0 bridgehead atoms. The van der Waals surface area contributed by atoms with Gasteiger partial charge in [-0.3, -0.25) is 14.5 Å². The molecule has 2 aliphatic rings. The highest BCUT2D eigenvalue weighted by Gasteiger charge is 2.35. The summed E-state index contributed by atoms with van der Waals surface area (Å²) in [4.78, 5) is 31.4. The fourth-order valence-corrected chi connectivity index (χ4v) is 4.79. The predicted molar refractivity (Wildman–Crippen MR) is 133 cm³/mol. The maximum absolute atomic E-state index is 13.1. The van der Waals surface area contributed by atoms with E-state index in [4.69, 9.17) is 26.8 Å². The van der Waals surface area contributed by atoms with E-state index in [0.717, 1.165) is 18.4 Å². The number of aromatic nitrogens is 1. The number of hydrogen-bond donors (Lipinski definition) is 1. The molecule has 0 radical (unpaired) electrons. The van der Waals surface area contributed by atoms with Gasteiger partial charge in [0.2, 0.25) is 11.8 Å². The van der Waals surface area contributed by atoms with Crippen LogP contribution in [-0.2, 0) is 9.53 Å². The molecule has 2 atom stereocenters. The number of nitrogens with two attached hydrogens (primary N) is 1. The van der Waals surface area contributed by atoms with Gasteiger partial charge in [0, 0.05) is 41.6 Å². The van der Waals surface area contributed by atoms with Crippen molar-refractivity contribution in [3.8, 4) is 17.6 Å². The quantitative estimate of drug-likeness (QED) is 0.513. The van der Waals surface area contributed by atoms with E-state index in [1.807, 2.05) is 6.07 Å². The Labute approximate surface area is 213 Å². The van der Waals surface area contributed by atoms with Gasteiger partial charge in [0.15, 0.2) is 0 Å². The smallest absolute Gasteiger partial charge is 0.248 e. The number of nitriles is 1. The molecule has 2 amide bonds. The number of rotatable bonds is 6. The van der Waals surface area contributed by atoms with E-state index >= 15 is 0 Å². The molecular formula is C27H23ClN4O4. The molecule has 0 saturated carbocycles. The average molecular weight is 503 g/mol. The second kappa shape index (κ2) is 9.97. The number of anilines is 1. The minimum atomic E-state index is -0.592. The van der Waals surface area contributed by atoms with Gasteiger partial charge < -0.3 is 15.2 Å². The first-order chi connectivity index (χ1) is 17.4. The zero-order valence-electron chi connectivity index (χ0n) is 19.3. The molecule has 2 saturated heterocycles. The molecule has 2 unspecified atom stereocenters. The van der Waals surface area contributed by atoms with Gasteiger partial charge >= 0.3 is 0 Å². The van der Waals surface area contributed by atoms with Crippen LogP contribution >= 0.6 is 11.6 Å². The van der Waals surface area contributed by atoms with Crippen molar-refractivity contribution >= 4 is 29.2 Å². The summed E-state index contributed by atoms with van der Waals surface area (Å²) in [7, 11) is 0. The first-order valence-corrected chi connectivity index (χ1v) is 12.0. The minimum Gasteiger partial charge on any atom is -0.456 e. The number of hydrogen-bond acceptors (Lipinski definition) is 6. The van der Waals surface area contributed by atoms with E-state index in [-0.39, 0.29) is 29.9 Å². The Morgan fingerprint density at radius 2 is 2.03 bits per heavy atom. The van der Waals surface area contributed by atoms with E-state index in [1.165, 1.54) is 0 Å². The number of benzene rings is 2. The van der Waals surface area contributed by atoms with Crippen LogP contribution in [0.25, 0.3) is 0 Å². The van der Waals surface area contributed by atoms with Gasteiger partial charge in [-0.2, -0.15) is 5.26 Å². The van der Waals surface area contributed by atoms with Gasteiger partial charge in [-0.05, 0) is 49.2 Å². The number of nitrogens with zero attached hydrogens (tertiary/aromatic N) is 3. The third-order valence-corrected chi connectivity index (χ3v) is 6.66. The van der Waals surface area contributed by atoms with Crippen molar-refractivity contribution in [2.24, 2.45) is 5.73 Å². The maximum Gasteiger partial charge on any atom is 0.248 e. The molecule has 0 spiro atoms. The molecule has 0 aliphatic carbocycles. The maximum atomic E-state index is 13.1. The summed E-state index contributed by atoms with van der Waals surface area (Å²) in [6.07, 6.45) is 1.69. The van der Waals surface area contributed by atoms with Gasteiger partial charge in [0.05, 0.1) is 17.4 Å². The number of pyridine rings is 1. The highest BCUT2D eigenvalue weighted by Crippen LogP contribution is 2.40. The Balaban J connectivity index is 1.46. The molecule has 3 heterocycles. The van der Waals surface area contributed by atoms with E-state index in [0.29, 0.717) is 46.7 Å². The summed E-state index contributed by atoms with van der Waals surface area (Å²) in [5.41, 5.74) is 7.62. The molecule has 8 nitrogen and oxygen atoms in total. The van der Waals surface area contributed by atoms with Gasteiger partial charge in [-0.1, -0.05) is 29.8 Å². The molecule has 2 fully saturated rings. The second-order valence-corrected chi connectivity index (χ2v) is 9.24. The summed E-state index contributed by atoms with van der Waals surface area (Å²) in [5.74, 6) is 0.307. The molecule has 2 aliphatic heterocycles. The number of para-hydroxylation sites is 1. The van der Waals surface area contributed by atoms with Crippen LogP contribution in [0.3, 0.4) is 0 Å². The Hall–Kier alpha value is -3.93. The molecular weight excluding hydrogens is 480 g/mol. The second-order valence-electron chi connectivity index (χ2n) is 8.80. The largest absolute Gasteiger partial charge is 0.456 e. The fraction of sp³-hybridized carbons (Fsp3) is 0.259. The summed E-state index contributed by atoms with van der Waals surface area (Å²) in [6, 6.07) is 17.5. The van der Waals surface area contributed by atoms with Crippen molar-refractivity contribution in [1.29, 1.82) is 5.26 Å². The summed E-state index contributed by atoms with van der Waals surface area (Å²) in [5, 5.41) is 9.91. The first kappa shape index (κ1) is 23.8. The van der Waals surface area contributed by atoms with Crippen LogP contribution in [0.4, 0.5) is 5.82 Å². The zero-order chi connectivity index (χ0) is 25.2. The van der Waals surface area contributed by atoms with Gasteiger partial charge in [0.25, 0.3) is 0 Å². The zero-order valence-corrected chi connectivity index (χ0v) is 20.1. The summed E-state index contributed by atoms with van der Waals surface area (Å²) < 4.78 is 11.8. The number of amides is 2. The lowest BCUT2D eigenvalue weighted by molar-refractivity contribution is -0.117. The van der Waals surface area contributed by atoms with Crippen LogP contribution in [-0.4, -0.2) is 29.9 Å². The minimum absolute atomic E-state index is 0.134. The van der Waals surface area contributed by atoms with Gasteiger partial charge in [-0.25, -0.2) is 4.98 Å². The SMILES string of the molecule is N#Cc1ccccc1Oc1cc(Cl)ccc1C1CC(=O)N(c2cc(C(N)=O)cc(C3CCCO3)n2)C1. The number of ether oxygens (including phenoxy) is 2. The lowest BCUT2D eigenvalue weighted by Gasteiger charge is -2.20. The molecule has 1 aromatic heterocycles. The van der Waals surface area contributed by atoms with Crippen molar-refractivity contribution in [1.82, 2.24) is 4.98 Å². The highest BCUT2D eigenvalue weighted by atomic mass is 35.5. The molecule has 182 valence electrons. The number of carbonyl (C=O) groups is 2. The molecule has 3 aromatic rings. The Morgan fingerprint density at radius 1 is 1.19 bits per heavy atom. The summed E-state index contributed by atoms with van der Waals surface area (Å²) >= 11 is 6.26. The third kappa shape index (κ3) is 4.76. The van der Waals surface area contributed by atoms with Crippen LogP contribution in [0.5, 0.6) is 11.5 Å². The normalized spacial score (nSPS) is 19.3. The highest BCUT2D eigenvalue weighted by molar-refractivity contribution is 6.30. The standard InChI is InChI=1S/C27H23ClN4O4/c28-19-7-8-20(24(13-19)36-22-5-2-1-4-16(22)14-29)18-12-26(33)32(15-18)25-11-17(27(30)34)10-21(31-25)23-6-3-9-35-23/h1-2,4-5,7-8,10-11,13,18,23H,3,6,9,12,15H2,(H2,30,34). The first-order valence-electron chi connectivity index (χ1n) is 11.6. The number of halogens is 1. The van der Waals surface area contributed by atoms with Crippen LogP contribution in [0.15, 0.2) is 54.6 Å². The third-order valence-electron chi connectivity index (χ3n) is 6.42. The van der Waals surface area contributed by atoms with Gasteiger partial charge in [-0.15, -0.1) is 0 Å². The molecule has 5 rings (SSSR count). The van der Waals surface area contributed by atoms with Crippen molar-refractivity contribution in [2.45, 2.75) is 31.3 Å². The molecule has 2 N–H and O–H groups in total. The van der Waals surface area contributed by atoms with Crippen molar-refractivity contribution in [2.75, 3.05) is 18.1 Å². The summed E-state index contributed by atoms with van der Waals surface area (Å²) in [6.45, 7) is 0.957. The van der Waals surface area contributed by atoms with Crippen molar-refractivity contribution in [3.05, 3.63) is 82.0 Å². The van der Waals surface area contributed by atoms with Crippen molar-refractivity contribution in [3.63, 3.8) is 0 Å². The van der Waals surface area contributed by atoms with Crippen molar-refractivity contribution < 1.29 is 19.1 Å². The number of primary amides is 1. The van der Waals surface area contributed by atoms with E-state index < -0.39 is 5.91 Å². The van der Waals surface area contributed by atoms with Crippen LogP contribution < -0.4 is 15.4 Å². The van der Waals surface area contributed by atoms with E-state index in [1.54, 1.807) is 53.4 Å². The number of carbonyl (C=O) groups excluding carboxylic acids is 2. The molecule has 36 heavy (non-hydrogen) atoms. The molecule has 9 heteroatoms. The Kier molecular flexibility index (Phi) is 6.59. The molecule has 2 aromatic carbocycles. The van der Waals surface area contributed by atoms with Crippen LogP contribution in [0.1, 0.15) is 58.5 Å². The van der Waals surface area contributed by atoms with Crippen LogP contribution in [0.2, 0.25) is 5.02 Å². The average Bonchev–Trinajstić information content (AvgIpc) is 3.54. The van der Waals surface area contributed by atoms with Gasteiger partial charge in [0.1, 0.15) is 23.4 Å². The van der Waals surface area contributed by atoms with E-state index in [9.17, 15) is 14.9 Å². The van der Waals surface area contributed by atoms with Crippen LogP contribution in [0, 0.1) is 11.3 Å². The lowest BCUT2D eigenvalue weighted by Crippen LogP contribution is -2.27. The topological polar surface area (TPSA) is 119 Å². The fourth-order valence-electron chi connectivity index (χ4n) is 4.63. The monoisotopic (exact) mass is 502 g/mol.